The SMILES string of the molecule is COc1cc(/C=C\c2ccc(OC)c(OC)c2C/C=C\C(C)=O)cc(OC)c1OC. The molecule has 0 saturated carbocycles. The first-order valence-corrected chi connectivity index (χ1v) is 9.38. The summed E-state index contributed by atoms with van der Waals surface area (Å²) in [4.78, 5) is 11.3. The van der Waals surface area contributed by atoms with Crippen molar-refractivity contribution >= 4 is 17.9 Å². The molecule has 0 aliphatic carbocycles. The molecule has 0 unspecified atom stereocenters. The predicted molar refractivity (Wildman–Crippen MR) is 118 cm³/mol. The Hall–Kier alpha value is -3.41. The van der Waals surface area contributed by atoms with E-state index in [2.05, 4.69) is 0 Å². The normalized spacial score (nSPS) is 11.0. The standard InChI is InChI=1S/C24H28O6/c1-16(25)8-7-9-19-18(12-13-20(26-2)23(19)29-5)11-10-17-14-21(27-3)24(30-6)22(15-17)28-4/h7-8,10-15H,9H2,1-6H3/b8-7-,11-10-. The molecule has 2 aromatic carbocycles. The number of hydrogen-bond acceptors (Lipinski definition) is 6. The number of benzene rings is 2. The predicted octanol–water partition coefficient (Wildman–Crippen LogP) is 4.59. The van der Waals surface area contributed by atoms with E-state index in [-0.39, 0.29) is 5.78 Å². The molecule has 0 aliphatic rings. The van der Waals surface area contributed by atoms with Crippen LogP contribution in [0.25, 0.3) is 12.2 Å². The van der Waals surface area contributed by atoms with Gasteiger partial charge in [0, 0.05) is 5.56 Å². The summed E-state index contributed by atoms with van der Waals surface area (Å²) in [5.41, 5.74) is 2.73. The lowest BCUT2D eigenvalue weighted by atomic mass is 10.0. The molecule has 2 rings (SSSR count). The summed E-state index contributed by atoms with van der Waals surface area (Å²) < 4.78 is 27.2. The Bertz CT molecular complexity index is 918. The van der Waals surface area contributed by atoms with E-state index in [4.69, 9.17) is 23.7 Å². The Morgan fingerprint density at radius 3 is 1.90 bits per heavy atom. The molecule has 0 spiro atoms. The average Bonchev–Trinajstić information content (AvgIpc) is 2.76. The maximum absolute atomic E-state index is 11.3. The van der Waals surface area contributed by atoms with Crippen molar-refractivity contribution in [2.45, 2.75) is 13.3 Å². The molecule has 0 bridgehead atoms. The van der Waals surface area contributed by atoms with Crippen LogP contribution in [0.1, 0.15) is 23.6 Å². The molecule has 6 heteroatoms. The molecule has 0 N–H and O–H groups in total. The van der Waals surface area contributed by atoms with Crippen molar-refractivity contribution in [3.8, 4) is 28.7 Å². The van der Waals surface area contributed by atoms with Crippen LogP contribution >= 0.6 is 0 Å². The first-order valence-electron chi connectivity index (χ1n) is 9.38. The number of methoxy groups -OCH3 is 5. The Balaban J connectivity index is 2.51. The van der Waals surface area contributed by atoms with Crippen molar-refractivity contribution in [1.29, 1.82) is 0 Å². The van der Waals surface area contributed by atoms with Crippen LogP contribution in [0.4, 0.5) is 0 Å². The highest BCUT2D eigenvalue weighted by atomic mass is 16.5. The van der Waals surface area contributed by atoms with Crippen molar-refractivity contribution in [3.05, 3.63) is 53.1 Å². The topological polar surface area (TPSA) is 63.2 Å². The monoisotopic (exact) mass is 412 g/mol. The highest BCUT2D eigenvalue weighted by Crippen LogP contribution is 2.39. The number of carbonyl (C=O) groups excluding carboxylic acids is 1. The molecule has 0 aliphatic heterocycles. The second kappa shape index (κ2) is 11.0. The highest BCUT2D eigenvalue weighted by molar-refractivity contribution is 5.87. The molecule has 30 heavy (non-hydrogen) atoms. The van der Waals surface area contributed by atoms with Crippen LogP contribution in [0.5, 0.6) is 28.7 Å². The van der Waals surface area contributed by atoms with Gasteiger partial charge in [-0.3, -0.25) is 4.79 Å². The van der Waals surface area contributed by atoms with Crippen molar-refractivity contribution in [2.24, 2.45) is 0 Å². The maximum Gasteiger partial charge on any atom is 0.203 e. The number of ketones is 1. The van der Waals surface area contributed by atoms with Gasteiger partial charge in [0.25, 0.3) is 0 Å². The van der Waals surface area contributed by atoms with Gasteiger partial charge in [-0.25, -0.2) is 0 Å². The summed E-state index contributed by atoms with van der Waals surface area (Å²) in [5, 5.41) is 0. The fraction of sp³-hybridized carbons (Fsp3) is 0.292. The number of carbonyl (C=O) groups is 1. The van der Waals surface area contributed by atoms with E-state index in [1.54, 1.807) is 41.6 Å². The molecule has 0 radical (unpaired) electrons. The summed E-state index contributed by atoms with van der Waals surface area (Å²) in [6.45, 7) is 1.52. The summed E-state index contributed by atoms with van der Waals surface area (Å²) in [5.74, 6) is 2.96. The van der Waals surface area contributed by atoms with Crippen molar-refractivity contribution in [2.75, 3.05) is 35.5 Å². The quantitative estimate of drug-likeness (QED) is 0.420. The minimum absolute atomic E-state index is 0.00798. The summed E-state index contributed by atoms with van der Waals surface area (Å²) in [7, 11) is 7.93. The van der Waals surface area contributed by atoms with Gasteiger partial charge >= 0.3 is 0 Å². The zero-order valence-corrected chi connectivity index (χ0v) is 18.3. The van der Waals surface area contributed by atoms with Crippen molar-refractivity contribution < 1.29 is 28.5 Å². The first-order chi connectivity index (χ1) is 14.5. The van der Waals surface area contributed by atoms with E-state index in [1.165, 1.54) is 6.92 Å². The smallest absolute Gasteiger partial charge is 0.203 e. The number of rotatable bonds is 10. The fourth-order valence-corrected chi connectivity index (χ4v) is 3.10. The molecule has 0 atom stereocenters. The van der Waals surface area contributed by atoms with E-state index >= 15 is 0 Å². The van der Waals surface area contributed by atoms with Crippen LogP contribution in [0, 0.1) is 0 Å². The van der Waals surface area contributed by atoms with Crippen molar-refractivity contribution in [3.63, 3.8) is 0 Å². The van der Waals surface area contributed by atoms with Crippen LogP contribution in [-0.2, 0) is 11.2 Å². The van der Waals surface area contributed by atoms with Gasteiger partial charge in [0.2, 0.25) is 5.75 Å². The molecule has 0 fully saturated rings. The Labute approximate surface area is 177 Å². The van der Waals surface area contributed by atoms with E-state index in [1.807, 2.05) is 42.5 Å². The van der Waals surface area contributed by atoms with Crippen LogP contribution in [0.15, 0.2) is 36.4 Å². The molecule has 0 amide bonds. The first kappa shape index (κ1) is 22.9. The van der Waals surface area contributed by atoms with Crippen LogP contribution in [0.2, 0.25) is 0 Å². The fourth-order valence-electron chi connectivity index (χ4n) is 3.10. The lowest BCUT2D eigenvalue weighted by Gasteiger charge is -2.15. The second-order valence-electron chi connectivity index (χ2n) is 6.38. The third kappa shape index (κ3) is 5.35. The van der Waals surface area contributed by atoms with E-state index in [0.717, 1.165) is 16.7 Å². The maximum atomic E-state index is 11.3. The number of hydrogen-bond donors (Lipinski definition) is 0. The summed E-state index contributed by atoms with van der Waals surface area (Å²) >= 11 is 0. The van der Waals surface area contributed by atoms with E-state index < -0.39 is 0 Å². The number of allylic oxidation sites excluding steroid dienone is 2. The number of ether oxygens (including phenoxy) is 5. The molecule has 0 aromatic heterocycles. The van der Waals surface area contributed by atoms with Crippen molar-refractivity contribution in [1.82, 2.24) is 0 Å². The third-order valence-corrected chi connectivity index (χ3v) is 4.50. The molecule has 0 heterocycles. The van der Waals surface area contributed by atoms with Crippen LogP contribution in [0.3, 0.4) is 0 Å². The van der Waals surface area contributed by atoms with Gasteiger partial charge in [-0.2, -0.15) is 0 Å². The second-order valence-corrected chi connectivity index (χ2v) is 6.38. The molecule has 6 nitrogen and oxygen atoms in total. The Morgan fingerprint density at radius 1 is 0.800 bits per heavy atom. The minimum Gasteiger partial charge on any atom is -0.493 e. The summed E-state index contributed by atoms with van der Waals surface area (Å²) in [6.07, 6.45) is 7.81. The summed E-state index contributed by atoms with van der Waals surface area (Å²) in [6, 6.07) is 7.54. The van der Waals surface area contributed by atoms with Gasteiger partial charge < -0.3 is 23.7 Å². The van der Waals surface area contributed by atoms with E-state index in [9.17, 15) is 4.79 Å². The molecule has 0 saturated heterocycles. The molecule has 160 valence electrons. The zero-order valence-electron chi connectivity index (χ0n) is 18.3. The van der Waals surface area contributed by atoms with Gasteiger partial charge in [-0.15, -0.1) is 0 Å². The minimum atomic E-state index is -0.00798. The molecular formula is C24H28O6. The lowest BCUT2D eigenvalue weighted by molar-refractivity contribution is -0.112. The Morgan fingerprint density at radius 2 is 1.40 bits per heavy atom. The highest BCUT2D eigenvalue weighted by Gasteiger charge is 2.14. The third-order valence-electron chi connectivity index (χ3n) is 4.50. The van der Waals surface area contributed by atoms with E-state index in [0.29, 0.717) is 35.2 Å². The molecule has 2 aromatic rings. The van der Waals surface area contributed by atoms with Gasteiger partial charge in [0.15, 0.2) is 28.8 Å². The zero-order chi connectivity index (χ0) is 22.1. The largest absolute Gasteiger partial charge is 0.493 e. The van der Waals surface area contributed by atoms with Gasteiger partial charge in [0.05, 0.1) is 35.5 Å². The average molecular weight is 412 g/mol. The Kier molecular flexibility index (Phi) is 8.35. The van der Waals surface area contributed by atoms with Gasteiger partial charge in [0.1, 0.15) is 0 Å². The van der Waals surface area contributed by atoms with Crippen LogP contribution in [-0.4, -0.2) is 41.3 Å². The van der Waals surface area contributed by atoms with Gasteiger partial charge in [-0.1, -0.05) is 24.3 Å². The van der Waals surface area contributed by atoms with Crippen LogP contribution < -0.4 is 23.7 Å². The molecular weight excluding hydrogens is 384 g/mol. The lowest BCUT2D eigenvalue weighted by Crippen LogP contribution is -1.98. The van der Waals surface area contributed by atoms with Gasteiger partial charge in [-0.05, 0) is 48.7 Å².